The Hall–Kier alpha value is -1.96. The van der Waals surface area contributed by atoms with Crippen molar-refractivity contribution < 1.29 is 10.2 Å². The van der Waals surface area contributed by atoms with Crippen molar-refractivity contribution in [2.75, 3.05) is 0 Å². The third kappa shape index (κ3) is 1.12. The predicted octanol–water partition coefficient (Wildman–Crippen LogP) is 2.89. The standard InChI is InChI=1S/C12H10O2/c1-2-8-7-11(13)12(14)10-6-4-3-5-9(8)10/h2-7,13-14H,1H2. The summed E-state index contributed by atoms with van der Waals surface area (Å²) in [7, 11) is 0. The SMILES string of the molecule is C=Cc1cc(O)c(O)c2ccccc12. The number of hydrogen-bond donors (Lipinski definition) is 2. The van der Waals surface area contributed by atoms with Crippen LogP contribution in [0.5, 0.6) is 11.5 Å². The number of phenols is 2. The Morgan fingerprint density at radius 1 is 1.07 bits per heavy atom. The van der Waals surface area contributed by atoms with E-state index in [0.29, 0.717) is 5.39 Å². The lowest BCUT2D eigenvalue weighted by Gasteiger charge is -2.06. The van der Waals surface area contributed by atoms with Crippen molar-refractivity contribution in [2.24, 2.45) is 0 Å². The van der Waals surface area contributed by atoms with Gasteiger partial charge in [0.25, 0.3) is 0 Å². The van der Waals surface area contributed by atoms with Crippen molar-refractivity contribution in [1.29, 1.82) is 0 Å². The first-order chi connectivity index (χ1) is 6.74. The lowest BCUT2D eigenvalue weighted by Crippen LogP contribution is -1.80. The first kappa shape index (κ1) is 8.63. The number of phenolic OH excluding ortho intramolecular Hbond substituents is 2. The molecule has 0 fully saturated rings. The van der Waals surface area contributed by atoms with Gasteiger partial charge in [-0.05, 0) is 17.0 Å². The van der Waals surface area contributed by atoms with Crippen LogP contribution in [-0.2, 0) is 0 Å². The average molecular weight is 186 g/mol. The van der Waals surface area contributed by atoms with Gasteiger partial charge >= 0.3 is 0 Å². The van der Waals surface area contributed by atoms with Crippen LogP contribution in [0.25, 0.3) is 16.8 Å². The molecule has 0 heterocycles. The molecule has 2 rings (SSSR count). The van der Waals surface area contributed by atoms with Crippen LogP contribution in [-0.4, -0.2) is 10.2 Å². The Morgan fingerprint density at radius 2 is 1.71 bits per heavy atom. The van der Waals surface area contributed by atoms with Gasteiger partial charge in [0.2, 0.25) is 0 Å². The predicted molar refractivity (Wildman–Crippen MR) is 57.4 cm³/mol. The number of hydrogen-bond acceptors (Lipinski definition) is 2. The van der Waals surface area contributed by atoms with Gasteiger partial charge in [-0.3, -0.25) is 0 Å². The van der Waals surface area contributed by atoms with Crippen LogP contribution < -0.4 is 0 Å². The summed E-state index contributed by atoms with van der Waals surface area (Å²) in [5.41, 5.74) is 0.816. The summed E-state index contributed by atoms with van der Waals surface area (Å²) in [6.45, 7) is 3.66. The first-order valence-corrected chi connectivity index (χ1v) is 4.30. The highest BCUT2D eigenvalue weighted by Gasteiger charge is 2.07. The van der Waals surface area contributed by atoms with E-state index in [1.54, 1.807) is 12.1 Å². The lowest BCUT2D eigenvalue weighted by molar-refractivity contribution is 0.408. The summed E-state index contributed by atoms with van der Waals surface area (Å²) in [5.74, 6) is -0.190. The fourth-order valence-corrected chi connectivity index (χ4v) is 1.54. The summed E-state index contributed by atoms with van der Waals surface area (Å²) in [6, 6.07) is 8.84. The summed E-state index contributed by atoms with van der Waals surface area (Å²) in [4.78, 5) is 0. The molecule has 0 unspecified atom stereocenters. The molecular formula is C12H10O2. The highest BCUT2D eigenvalue weighted by atomic mass is 16.3. The maximum atomic E-state index is 9.59. The van der Waals surface area contributed by atoms with Crippen LogP contribution in [0.4, 0.5) is 0 Å². The van der Waals surface area contributed by atoms with Crippen molar-refractivity contribution >= 4 is 16.8 Å². The minimum Gasteiger partial charge on any atom is -0.504 e. The van der Waals surface area contributed by atoms with Crippen molar-refractivity contribution in [1.82, 2.24) is 0 Å². The van der Waals surface area contributed by atoms with E-state index in [2.05, 4.69) is 6.58 Å². The Bertz CT molecular complexity index is 501. The Kier molecular flexibility index (Phi) is 1.89. The van der Waals surface area contributed by atoms with E-state index in [4.69, 9.17) is 0 Å². The minimum absolute atomic E-state index is 0.0776. The second-order valence-electron chi connectivity index (χ2n) is 3.08. The van der Waals surface area contributed by atoms with E-state index in [1.807, 2.05) is 18.2 Å². The molecule has 0 saturated heterocycles. The van der Waals surface area contributed by atoms with E-state index in [-0.39, 0.29) is 11.5 Å². The second kappa shape index (κ2) is 3.07. The Labute approximate surface area is 81.7 Å². The van der Waals surface area contributed by atoms with Crippen molar-refractivity contribution in [2.45, 2.75) is 0 Å². The van der Waals surface area contributed by atoms with Crippen LogP contribution in [0.3, 0.4) is 0 Å². The van der Waals surface area contributed by atoms with Crippen LogP contribution in [0, 0.1) is 0 Å². The maximum absolute atomic E-state index is 9.59. The third-order valence-electron chi connectivity index (χ3n) is 2.25. The highest BCUT2D eigenvalue weighted by molar-refractivity contribution is 5.96. The molecule has 2 aromatic rings. The quantitative estimate of drug-likeness (QED) is 0.672. The molecule has 0 aliphatic carbocycles. The number of benzene rings is 2. The molecular weight excluding hydrogens is 176 g/mol. The van der Waals surface area contributed by atoms with E-state index in [9.17, 15) is 10.2 Å². The van der Waals surface area contributed by atoms with Crippen molar-refractivity contribution in [3.8, 4) is 11.5 Å². The largest absolute Gasteiger partial charge is 0.504 e. The topological polar surface area (TPSA) is 40.5 Å². The van der Waals surface area contributed by atoms with Gasteiger partial charge in [-0.25, -0.2) is 0 Å². The summed E-state index contributed by atoms with van der Waals surface area (Å²) in [5, 5.41) is 20.6. The number of rotatable bonds is 1. The van der Waals surface area contributed by atoms with Crippen LogP contribution >= 0.6 is 0 Å². The number of aromatic hydroxyl groups is 2. The third-order valence-corrected chi connectivity index (χ3v) is 2.25. The molecule has 2 aromatic carbocycles. The highest BCUT2D eigenvalue weighted by Crippen LogP contribution is 2.36. The molecule has 0 spiro atoms. The van der Waals surface area contributed by atoms with Crippen molar-refractivity contribution in [3.05, 3.63) is 42.5 Å². The average Bonchev–Trinajstić information content (AvgIpc) is 2.23. The second-order valence-corrected chi connectivity index (χ2v) is 3.08. The fraction of sp³-hybridized carbons (Fsp3) is 0. The molecule has 0 atom stereocenters. The van der Waals surface area contributed by atoms with Crippen LogP contribution in [0.2, 0.25) is 0 Å². The zero-order valence-corrected chi connectivity index (χ0v) is 7.57. The molecule has 0 radical (unpaired) electrons. The smallest absolute Gasteiger partial charge is 0.165 e. The van der Waals surface area contributed by atoms with Gasteiger partial charge in [0.15, 0.2) is 11.5 Å². The normalized spacial score (nSPS) is 10.3. The fourth-order valence-electron chi connectivity index (χ4n) is 1.54. The van der Waals surface area contributed by atoms with Gasteiger partial charge < -0.3 is 10.2 Å². The Balaban J connectivity index is 2.96. The molecule has 70 valence electrons. The summed E-state index contributed by atoms with van der Waals surface area (Å²) < 4.78 is 0. The van der Waals surface area contributed by atoms with E-state index >= 15 is 0 Å². The zero-order chi connectivity index (χ0) is 10.1. The summed E-state index contributed by atoms with van der Waals surface area (Å²) in [6.07, 6.45) is 1.65. The first-order valence-electron chi connectivity index (χ1n) is 4.30. The molecule has 0 saturated carbocycles. The van der Waals surface area contributed by atoms with E-state index in [1.165, 1.54) is 6.07 Å². The van der Waals surface area contributed by atoms with Crippen LogP contribution in [0.15, 0.2) is 36.9 Å². The van der Waals surface area contributed by atoms with E-state index < -0.39 is 0 Å². The Morgan fingerprint density at radius 3 is 2.36 bits per heavy atom. The maximum Gasteiger partial charge on any atom is 0.165 e. The van der Waals surface area contributed by atoms with Gasteiger partial charge in [-0.1, -0.05) is 36.9 Å². The molecule has 2 heteroatoms. The monoisotopic (exact) mass is 186 g/mol. The van der Waals surface area contributed by atoms with Gasteiger partial charge in [0.1, 0.15) is 0 Å². The molecule has 2 nitrogen and oxygen atoms in total. The molecule has 14 heavy (non-hydrogen) atoms. The molecule has 0 aromatic heterocycles. The van der Waals surface area contributed by atoms with Crippen molar-refractivity contribution in [3.63, 3.8) is 0 Å². The van der Waals surface area contributed by atoms with Gasteiger partial charge in [-0.2, -0.15) is 0 Å². The molecule has 0 aliphatic heterocycles. The van der Waals surface area contributed by atoms with Gasteiger partial charge in [0, 0.05) is 5.39 Å². The molecule has 2 N–H and O–H groups in total. The zero-order valence-electron chi connectivity index (χ0n) is 7.57. The number of fused-ring (bicyclic) bond motifs is 1. The minimum atomic E-state index is -0.112. The summed E-state index contributed by atoms with van der Waals surface area (Å²) >= 11 is 0. The van der Waals surface area contributed by atoms with Gasteiger partial charge in [-0.15, -0.1) is 0 Å². The van der Waals surface area contributed by atoms with Gasteiger partial charge in [0.05, 0.1) is 0 Å². The lowest BCUT2D eigenvalue weighted by atomic mass is 10.0. The molecule has 0 aliphatic rings. The molecule has 0 bridgehead atoms. The molecule has 0 amide bonds. The van der Waals surface area contributed by atoms with E-state index in [0.717, 1.165) is 10.9 Å². The van der Waals surface area contributed by atoms with Crippen LogP contribution in [0.1, 0.15) is 5.56 Å².